The zero-order valence-electron chi connectivity index (χ0n) is 28.2. The predicted octanol–water partition coefficient (Wildman–Crippen LogP) is 7.34. The molecule has 0 aliphatic rings. The highest BCUT2D eigenvalue weighted by molar-refractivity contribution is 14.1. The molecule has 0 aromatic heterocycles. The van der Waals surface area contributed by atoms with Gasteiger partial charge in [-0.1, -0.05) is 119 Å². The summed E-state index contributed by atoms with van der Waals surface area (Å²) in [4.78, 5) is 11.9. The standard InChI is InChI=1S/C34H67IO9/c1-2-3-4-5-6-7-8-9-10-11-12-13-14-15-16-17-34(36)44-33-32-43-31-30-42-29-28-41-27-26-40-25-24-39-23-22-38-21-20-37-19-18-35/h2-33H2,1H3. The Balaban J connectivity index is 3.13. The van der Waals surface area contributed by atoms with E-state index in [1.165, 1.54) is 83.5 Å². The smallest absolute Gasteiger partial charge is 0.305 e. The molecule has 0 saturated carbocycles. The summed E-state index contributed by atoms with van der Waals surface area (Å²) in [5.74, 6) is -0.123. The second kappa shape index (κ2) is 40.9. The third kappa shape index (κ3) is 39.9. The van der Waals surface area contributed by atoms with Crippen molar-refractivity contribution >= 4 is 28.6 Å². The lowest BCUT2D eigenvalue weighted by Crippen LogP contribution is -2.15. The van der Waals surface area contributed by atoms with Crippen molar-refractivity contribution in [1.82, 2.24) is 0 Å². The van der Waals surface area contributed by atoms with Gasteiger partial charge in [0.15, 0.2) is 0 Å². The van der Waals surface area contributed by atoms with Crippen LogP contribution in [0.4, 0.5) is 0 Å². The molecule has 0 aromatic rings. The summed E-state index contributed by atoms with van der Waals surface area (Å²) in [5, 5.41) is 0. The van der Waals surface area contributed by atoms with Gasteiger partial charge in [-0.3, -0.25) is 4.79 Å². The fourth-order valence-corrected chi connectivity index (χ4v) is 4.71. The highest BCUT2D eigenvalue weighted by atomic mass is 127. The SMILES string of the molecule is CCCCCCCCCCCCCCCCCC(=O)OCCOCCOCCOCCOCCOCCOCCOCCI. The first kappa shape index (κ1) is 43.9. The lowest BCUT2D eigenvalue weighted by molar-refractivity contribution is -0.145. The molecule has 9 nitrogen and oxygen atoms in total. The molecular weight excluding hydrogens is 679 g/mol. The molecule has 264 valence electrons. The average molecular weight is 747 g/mol. The van der Waals surface area contributed by atoms with Crippen LogP contribution in [0.25, 0.3) is 0 Å². The van der Waals surface area contributed by atoms with E-state index in [9.17, 15) is 4.79 Å². The first-order valence-corrected chi connectivity index (χ1v) is 19.1. The molecule has 0 rings (SSSR count). The van der Waals surface area contributed by atoms with Crippen molar-refractivity contribution in [3.8, 4) is 0 Å². The summed E-state index contributed by atoms with van der Waals surface area (Å²) in [6, 6.07) is 0. The number of unbranched alkanes of at least 4 members (excludes halogenated alkanes) is 14. The molecule has 0 heterocycles. The van der Waals surface area contributed by atoms with E-state index in [1.54, 1.807) is 0 Å². The molecule has 0 spiro atoms. The first-order chi connectivity index (χ1) is 21.8. The summed E-state index contributed by atoms with van der Waals surface area (Å²) in [6.07, 6.45) is 20.3. The van der Waals surface area contributed by atoms with E-state index in [0.717, 1.165) is 23.9 Å². The molecule has 0 radical (unpaired) electrons. The minimum Gasteiger partial charge on any atom is -0.463 e. The first-order valence-electron chi connectivity index (χ1n) is 17.6. The van der Waals surface area contributed by atoms with Gasteiger partial charge in [0.05, 0.1) is 92.5 Å². The van der Waals surface area contributed by atoms with Crippen LogP contribution in [-0.4, -0.2) is 110 Å². The molecule has 0 aliphatic heterocycles. The topological polar surface area (TPSA) is 90.9 Å². The number of alkyl halides is 1. The van der Waals surface area contributed by atoms with Crippen molar-refractivity contribution in [3.05, 3.63) is 0 Å². The van der Waals surface area contributed by atoms with Gasteiger partial charge in [-0.15, -0.1) is 0 Å². The van der Waals surface area contributed by atoms with Crippen molar-refractivity contribution in [2.24, 2.45) is 0 Å². The summed E-state index contributed by atoms with van der Waals surface area (Å²) in [5.41, 5.74) is 0. The second-order valence-electron chi connectivity index (χ2n) is 10.9. The zero-order valence-corrected chi connectivity index (χ0v) is 30.3. The number of esters is 1. The molecule has 0 unspecified atom stereocenters. The van der Waals surface area contributed by atoms with E-state index in [0.29, 0.717) is 98.9 Å². The van der Waals surface area contributed by atoms with Gasteiger partial charge in [0.2, 0.25) is 0 Å². The molecule has 0 aliphatic carbocycles. The van der Waals surface area contributed by atoms with Gasteiger partial charge in [-0.25, -0.2) is 0 Å². The molecule has 0 bridgehead atoms. The van der Waals surface area contributed by atoms with E-state index < -0.39 is 0 Å². The Morgan fingerprint density at radius 2 is 0.659 bits per heavy atom. The van der Waals surface area contributed by atoms with Gasteiger partial charge < -0.3 is 37.9 Å². The van der Waals surface area contributed by atoms with Crippen molar-refractivity contribution in [3.63, 3.8) is 0 Å². The summed E-state index contributed by atoms with van der Waals surface area (Å²) < 4.78 is 44.3. The summed E-state index contributed by atoms with van der Waals surface area (Å²) in [6.45, 7) is 10.2. The number of halogens is 1. The van der Waals surface area contributed by atoms with Gasteiger partial charge in [0, 0.05) is 10.8 Å². The van der Waals surface area contributed by atoms with Crippen LogP contribution >= 0.6 is 22.6 Å². The van der Waals surface area contributed by atoms with Crippen LogP contribution in [0.5, 0.6) is 0 Å². The van der Waals surface area contributed by atoms with Crippen LogP contribution in [0.3, 0.4) is 0 Å². The van der Waals surface area contributed by atoms with Crippen molar-refractivity contribution < 1.29 is 42.7 Å². The van der Waals surface area contributed by atoms with Crippen LogP contribution in [0.15, 0.2) is 0 Å². The van der Waals surface area contributed by atoms with Crippen molar-refractivity contribution in [2.75, 3.05) is 104 Å². The normalized spacial score (nSPS) is 11.4. The average Bonchev–Trinajstić information content (AvgIpc) is 3.03. The maximum atomic E-state index is 11.9. The summed E-state index contributed by atoms with van der Waals surface area (Å²) in [7, 11) is 0. The number of rotatable bonds is 39. The van der Waals surface area contributed by atoms with Gasteiger partial charge in [0.1, 0.15) is 6.61 Å². The molecule has 0 N–H and O–H groups in total. The Morgan fingerprint density at radius 1 is 0.386 bits per heavy atom. The number of hydrogen-bond acceptors (Lipinski definition) is 9. The van der Waals surface area contributed by atoms with E-state index in [4.69, 9.17) is 37.9 Å². The Kier molecular flexibility index (Phi) is 40.9. The van der Waals surface area contributed by atoms with Crippen LogP contribution in [0.1, 0.15) is 110 Å². The van der Waals surface area contributed by atoms with Crippen molar-refractivity contribution in [1.29, 1.82) is 0 Å². The minimum atomic E-state index is -0.123. The van der Waals surface area contributed by atoms with Gasteiger partial charge in [-0.05, 0) is 6.42 Å². The molecule has 0 aromatic carbocycles. The number of carbonyl (C=O) groups excluding carboxylic acids is 1. The van der Waals surface area contributed by atoms with Crippen LogP contribution in [-0.2, 0) is 42.7 Å². The Labute approximate surface area is 283 Å². The van der Waals surface area contributed by atoms with Crippen LogP contribution in [0.2, 0.25) is 0 Å². The second-order valence-corrected chi connectivity index (χ2v) is 12.0. The third-order valence-electron chi connectivity index (χ3n) is 6.93. The van der Waals surface area contributed by atoms with Crippen LogP contribution < -0.4 is 0 Å². The monoisotopic (exact) mass is 746 g/mol. The molecule has 0 saturated heterocycles. The predicted molar refractivity (Wildman–Crippen MR) is 185 cm³/mol. The Hall–Kier alpha value is -0.0800. The van der Waals surface area contributed by atoms with E-state index >= 15 is 0 Å². The molecule has 0 amide bonds. The quantitative estimate of drug-likeness (QED) is 0.0278. The number of hydrogen-bond donors (Lipinski definition) is 0. The van der Waals surface area contributed by atoms with E-state index in [1.807, 2.05) is 0 Å². The Morgan fingerprint density at radius 3 is 0.977 bits per heavy atom. The summed E-state index contributed by atoms with van der Waals surface area (Å²) >= 11 is 2.28. The number of carbonyl (C=O) groups is 1. The fourth-order valence-electron chi connectivity index (χ4n) is 4.40. The van der Waals surface area contributed by atoms with E-state index in [2.05, 4.69) is 29.5 Å². The van der Waals surface area contributed by atoms with Crippen LogP contribution in [0, 0.1) is 0 Å². The molecular formula is C34H67IO9. The van der Waals surface area contributed by atoms with Gasteiger partial charge >= 0.3 is 5.97 Å². The molecule has 0 fully saturated rings. The highest BCUT2D eigenvalue weighted by Gasteiger charge is 2.03. The molecule has 0 atom stereocenters. The fraction of sp³-hybridized carbons (Fsp3) is 0.971. The largest absolute Gasteiger partial charge is 0.463 e. The molecule has 44 heavy (non-hydrogen) atoms. The van der Waals surface area contributed by atoms with E-state index in [-0.39, 0.29) is 5.97 Å². The zero-order chi connectivity index (χ0) is 31.9. The van der Waals surface area contributed by atoms with Gasteiger partial charge in [0.25, 0.3) is 0 Å². The van der Waals surface area contributed by atoms with Gasteiger partial charge in [-0.2, -0.15) is 0 Å². The van der Waals surface area contributed by atoms with Crippen molar-refractivity contribution in [2.45, 2.75) is 110 Å². The maximum Gasteiger partial charge on any atom is 0.305 e. The lowest BCUT2D eigenvalue weighted by atomic mass is 10.0. The number of ether oxygens (including phenoxy) is 8. The lowest BCUT2D eigenvalue weighted by Gasteiger charge is -2.08. The maximum absolute atomic E-state index is 11.9. The third-order valence-corrected chi connectivity index (χ3v) is 7.37. The Bertz CT molecular complexity index is 543. The molecule has 10 heteroatoms. The minimum absolute atomic E-state index is 0.123. The highest BCUT2D eigenvalue weighted by Crippen LogP contribution is 2.13.